The van der Waals surface area contributed by atoms with Gasteiger partial charge in [-0.3, -0.25) is 0 Å². The number of anilines is 1. The number of nitrogen functional groups attached to an aromatic ring is 1. The molecule has 6 heteroatoms. The number of benzene rings is 1. The molecule has 0 aliphatic heterocycles. The molecule has 0 unspecified atom stereocenters. The largest absolute Gasteiger partial charge is 0.465 e. The van der Waals surface area contributed by atoms with Crippen LogP contribution in [0.15, 0.2) is 24.3 Å². The molecule has 0 bridgehead atoms. The smallest absolute Gasteiger partial charge is 0.343 e. The summed E-state index contributed by atoms with van der Waals surface area (Å²) in [5.41, 5.74) is 6.92. The molecule has 2 rings (SSSR count). The van der Waals surface area contributed by atoms with Crippen LogP contribution in [0, 0.1) is 12.7 Å². The van der Waals surface area contributed by atoms with E-state index in [1.807, 2.05) is 0 Å². The van der Waals surface area contributed by atoms with E-state index in [1.54, 1.807) is 19.1 Å². The van der Waals surface area contributed by atoms with Crippen LogP contribution in [0.2, 0.25) is 0 Å². The third kappa shape index (κ3) is 2.52. The maximum atomic E-state index is 12.9. The van der Waals surface area contributed by atoms with E-state index in [9.17, 15) is 9.18 Å². The van der Waals surface area contributed by atoms with Crippen LogP contribution in [0.1, 0.15) is 16.1 Å². The molecule has 2 aromatic rings. The first-order valence-electron chi connectivity index (χ1n) is 5.51. The molecule has 0 aliphatic rings. The number of rotatable bonds is 2. The molecule has 0 amide bonds. The molecule has 1 aromatic carbocycles. The Kier molecular flexibility index (Phi) is 3.41. The Bertz CT molecular complexity index is 603. The summed E-state index contributed by atoms with van der Waals surface area (Å²) in [6.45, 7) is 1.64. The third-order valence-electron chi connectivity index (χ3n) is 2.61. The summed E-state index contributed by atoms with van der Waals surface area (Å²) >= 11 is 0. The minimum absolute atomic E-state index is 0.0404. The zero-order valence-electron chi connectivity index (χ0n) is 10.5. The standard InChI is InChI=1S/C13H12FN3O2/c1-7-10(13(18)19-2)11(15)17-12(16-7)8-3-5-9(14)6-4-8/h3-6H,1-2H3,(H2,15,16,17). The number of hydrogen-bond acceptors (Lipinski definition) is 5. The Morgan fingerprint density at radius 3 is 2.42 bits per heavy atom. The monoisotopic (exact) mass is 261 g/mol. The summed E-state index contributed by atoms with van der Waals surface area (Å²) < 4.78 is 17.5. The Labute approximate surface area is 109 Å². The second-order valence-electron chi connectivity index (χ2n) is 3.89. The first-order valence-corrected chi connectivity index (χ1v) is 5.51. The number of nitrogens with zero attached hydrogens (tertiary/aromatic N) is 2. The molecule has 0 atom stereocenters. The van der Waals surface area contributed by atoms with E-state index < -0.39 is 5.97 Å². The maximum absolute atomic E-state index is 12.9. The fourth-order valence-corrected chi connectivity index (χ4v) is 1.68. The Morgan fingerprint density at radius 2 is 1.89 bits per heavy atom. The highest BCUT2D eigenvalue weighted by molar-refractivity contribution is 5.95. The number of carbonyl (C=O) groups excluding carboxylic acids is 1. The molecule has 1 heterocycles. The number of halogens is 1. The van der Waals surface area contributed by atoms with Gasteiger partial charge in [-0.1, -0.05) is 0 Å². The van der Waals surface area contributed by atoms with Crippen molar-refractivity contribution in [3.8, 4) is 11.4 Å². The lowest BCUT2D eigenvalue weighted by Gasteiger charge is -2.08. The van der Waals surface area contributed by atoms with E-state index in [-0.39, 0.29) is 17.2 Å². The van der Waals surface area contributed by atoms with Crippen molar-refractivity contribution in [2.24, 2.45) is 0 Å². The summed E-state index contributed by atoms with van der Waals surface area (Å²) in [6, 6.07) is 5.69. The summed E-state index contributed by atoms with van der Waals surface area (Å²) in [4.78, 5) is 19.8. The zero-order valence-corrected chi connectivity index (χ0v) is 10.5. The quantitative estimate of drug-likeness (QED) is 0.836. The number of hydrogen-bond donors (Lipinski definition) is 1. The second-order valence-corrected chi connectivity index (χ2v) is 3.89. The predicted molar refractivity (Wildman–Crippen MR) is 67.9 cm³/mol. The van der Waals surface area contributed by atoms with Gasteiger partial charge in [-0.15, -0.1) is 0 Å². The highest BCUT2D eigenvalue weighted by Gasteiger charge is 2.17. The fraction of sp³-hybridized carbons (Fsp3) is 0.154. The van der Waals surface area contributed by atoms with Crippen LogP contribution in [-0.2, 0) is 4.74 Å². The number of methoxy groups -OCH3 is 1. The van der Waals surface area contributed by atoms with Gasteiger partial charge in [0, 0.05) is 5.56 Å². The van der Waals surface area contributed by atoms with Crippen molar-refractivity contribution in [1.29, 1.82) is 0 Å². The minimum Gasteiger partial charge on any atom is -0.465 e. The van der Waals surface area contributed by atoms with Gasteiger partial charge in [-0.25, -0.2) is 19.2 Å². The maximum Gasteiger partial charge on any atom is 0.343 e. The molecule has 2 N–H and O–H groups in total. The molecule has 5 nitrogen and oxygen atoms in total. The van der Waals surface area contributed by atoms with Gasteiger partial charge < -0.3 is 10.5 Å². The number of ether oxygens (including phenoxy) is 1. The number of nitrogens with two attached hydrogens (primary N) is 1. The molecule has 1 aromatic heterocycles. The van der Waals surface area contributed by atoms with Gasteiger partial charge in [0.1, 0.15) is 17.2 Å². The van der Waals surface area contributed by atoms with Crippen LogP contribution in [0.5, 0.6) is 0 Å². The van der Waals surface area contributed by atoms with E-state index in [1.165, 1.54) is 19.2 Å². The van der Waals surface area contributed by atoms with Crippen LogP contribution in [0.3, 0.4) is 0 Å². The third-order valence-corrected chi connectivity index (χ3v) is 2.61. The van der Waals surface area contributed by atoms with E-state index >= 15 is 0 Å². The van der Waals surface area contributed by atoms with E-state index in [4.69, 9.17) is 5.73 Å². The number of carbonyl (C=O) groups is 1. The normalized spacial score (nSPS) is 10.3. The highest BCUT2D eigenvalue weighted by atomic mass is 19.1. The van der Waals surface area contributed by atoms with Crippen molar-refractivity contribution < 1.29 is 13.9 Å². The molecule has 0 aliphatic carbocycles. The number of aromatic nitrogens is 2. The summed E-state index contributed by atoms with van der Waals surface area (Å²) in [7, 11) is 1.26. The van der Waals surface area contributed by atoms with Crippen LogP contribution in [0.25, 0.3) is 11.4 Å². The SMILES string of the molecule is COC(=O)c1c(C)nc(-c2ccc(F)cc2)nc1N. The van der Waals surface area contributed by atoms with Crippen molar-refractivity contribution in [2.75, 3.05) is 12.8 Å². The molecule has 98 valence electrons. The van der Waals surface area contributed by atoms with Crippen molar-refractivity contribution in [3.05, 3.63) is 41.3 Å². The molecule has 0 fully saturated rings. The molecule has 0 spiro atoms. The van der Waals surface area contributed by atoms with Crippen molar-refractivity contribution in [3.63, 3.8) is 0 Å². The van der Waals surface area contributed by atoms with Gasteiger partial charge >= 0.3 is 5.97 Å². The van der Waals surface area contributed by atoms with Crippen molar-refractivity contribution in [1.82, 2.24) is 9.97 Å². The molecule has 0 saturated carbocycles. The lowest BCUT2D eigenvalue weighted by molar-refractivity contribution is 0.0600. The molecule has 0 saturated heterocycles. The highest BCUT2D eigenvalue weighted by Crippen LogP contribution is 2.21. The molecule has 0 radical (unpaired) electrons. The molecular formula is C13H12FN3O2. The molecule has 19 heavy (non-hydrogen) atoms. The van der Waals surface area contributed by atoms with Crippen molar-refractivity contribution >= 4 is 11.8 Å². The van der Waals surface area contributed by atoms with Gasteiger partial charge in [0.05, 0.1) is 12.8 Å². The topological polar surface area (TPSA) is 78.1 Å². The first kappa shape index (κ1) is 12.9. The van der Waals surface area contributed by atoms with Gasteiger partial charge in [-0.05, 0) is 31.2 Å². The predicted octanol–water partition coefficient (Wildman–Crippen LogP) is 1.96. The number of aryl methyl sites for hydroxylation is 1. The lowest BCUT2D eigenvalue weighted by Crippen LogP contribution is -2.12. The lowest BCUT2D eigenvalue weighted by atomic mass is 10.1. The van der Waals surface area contributed by atoms with E-state index in [0.29, 0.717) is 17.1 Å². The fourth-order valence-electron chi connectivity index (χ4n) is 1.68. The van der Waals surface area contributed by atoms with Crippen LogP contribution >= 0.6 is 0 Å². The summed E-state index contributed by atoms with van der Waals surface area (Å²) in [6.07, 6.45) is 0. The zero-order chi connectivity index (χ0) is 14.0. The van der Waals surface area contributed by atoms with E-state index in [0.717, 1.165) is 0 Å². The van der Waals surface area contributed by atoms with Gasteiger partial charge in [0.25, 0.3) is 0 Å². The average Bonchev–Trinajstić information content (AvgIpc) is 2.38. The van der Waals surface area contributed by atoms with Crippen molar-refractivity contribution in [2.45, 2.75) is 6.92 Å². The Hall–Kier alpha value is -2.50. The number of esters is 1. The van der Waals surface area contributed by atoms with Crippen LogP contribution < -0.4 is 5.73 Å². The minimum atomic E-state index is -0.583. The summed E-state index contributed by atoms with van der Waals surface area (Å²) in [5.74, 6) is -0.554. The average molecular weight is 261 g/mol. The Morgan fingerprint density at radius 1 is 1.26 bits per heavy atom. The Balaban J connectivity index is 2.51. The van der Waals surface area contributed by atoms with Gasteiger partial charge in [0.15, 0.2) is 5.82 Å². The van der Waals surface area contributed by atoms with Gasteiger partial charge in [0.2, 0.25) is 0 Å². The van der Waals surface area contributed by atoms with Crippen LogP contribution in [0.4, 0.5) is 10.2 Å². The van der Waals surface area contributed by atoms with E-state index in [2.05, 4.69) is 14.7 Å². The molecular weight excluding hydrogens is 249 g/mol. The summed E-state index contributed by atoms with van der Waals surface area (Å²) in [5, 5.41) is 0. The second kappa shape index (κ2) is 5.01. The van der Waals surface area contributed by atoms with Gasteiger partial charge in [-0.2, -0.15) is 0 Å². The van der Waals surface area contributed by atoms with Crippen LogP contribution in [-0.4, -0.2) is 23.0 Å². The first-order chi connectivity index (χ1) is 9.02.